The van der Waals surface area contributed by atoms with Gasteiger partial charge in [-0.2, -0.15) is 0 Å². The molecule has 172 valence electrons. The Hall–Kier alpha value is -3.06. The Kier molecular flexibility index (Phi) is 7.50. The number of rotatable bonds is 7. The molecule has 0 atom stereocenters. The lowest BCUT2D eigenvalue weighted by Crippen LogP contribution is -2.50. The smallest absolute Gasteiger partial charge is 0.265 e. The number of aromatic nitrogens is 1. The molecule has 1 aromatic heterocycles. The van der Waals surface area contributed by atoms with E-state index < -0.39 is 0 Å². The maximum atomic E-state index is 13.1. The lowest BCUT2D eigenvalue weighted by atomic mass is 10.1. The van der Waals surface area contributed by atoms with Gasteiger partial charge in [-0.05, 0) is 43.0 Å². The lowest BCUT2D eigenvalue weighted by molar-refractivity contribution is -0.132. The largest absolute Gasteiger partial charge is 0.339 e. The number of aryl methyl sites for hydroxylation is 2. The fourth-order valence-corrected chi connectivity index (χ4v) is 5.12. The Labute approximate surface area is 197 Å². The monoisotopic (exact) mass is 465 g/mol. The molecule has 2 heterocycles. The number of benzene rings is 2. The first-order valence-electron chi connectivity index (χ1n) is 11.3. The zero-order chi connectivity index (χ0) is 23.2. The van der Waals surface area contributed by atoms with Gasteiger partial charge in [-0.15, -0.1) is 11.3 Å². The maximum Gasteiger partial charge on any atom is 0.265 e. The molecular weight excluding hydrogens is 437 g/mol. The van der Waals surface area contributed by atoms with Crippen LogP contribution < -0.4 is 0 Å². The summed E-state index contributed by atoms with van der Waals surface area (Å²) in [5.74, 6) is -0.126. The first-order chi connectivity index (χ1) is 16.0. The van der Waals surface area contributed by atoms with Crippen LogP contribution in [-0.2, 0) is 17.6 Å². The van der Waals surface area contributed by atoms with E-state index >= 15 is 0 Å². The van der Waals surface area contributed by atoms with Crippen molar-refractivity contribution in [3.63, 3.8) is 0 Å². The zero-order valence-corrected chi connectivity index (χ0v) is 19.6. The third-order valence-electron chi connectivity index (χ3n) is 5.92. The van der Waals surface area contributed by atoms with E-state index in [4.69, 9.17) is 0 Å². The minimum Gasteiger partial charge on any atom is -0.339 e. The molecule has 1 fully saturated rings. The molecule has 0 radical (unpaired) electrons. The molecule has 7 heteroatoms. The summed E-state index contributed by atoms with van der Waals surface area (Å²) in [5.41, 5.74) is 2.93. The average Bonchev–Trinajstić information content (AvgIpc) is 3.20. The van der Waals surface area contributed by atoms with E-state index in [9.17, 15) is 14.0 Å². The van der Waals surface area contributed by atoms with Gasteiger partial charge < -0.3 is 9.80 Å². The number of hydrogen-bond donors (Lipinski definition) is 0. The van der Waals surface area contributed by atoms with Gasteiger partial charge in [0.05, 0.1) is 10.7 Å². The molecule has 1 aliphatic heterocycles. The lowest BCUT2D eigenvalue weighted by Gasteiger charge is -2.34. The molecule has 0 spiro atoms. The number of hydrogen-bond acceptors (Lipinski definition) is 4. The van der Waals surface area contributed by atoms with Crippen molar-refractivity contribution >= 4 is 23.2 Å². The van der Waals surface area contributed by atoms with Crippen LogP contribution >= 0.6 is 11.3 Å². The quantitative estimate of drug-likeness (QED) is 0.517. The third kappa shape index (κ3) is 6.05. The molecule has 2 amide bonds. The van der Waals surface area contributed by atoms with E-state index in [0.29, 0.717) is 43.9 Å². The van der Waals surface area contributed by atoms with Gasteiger partial charge in [-0.3, -0.25) is 9.59 Å². The summed E-state index contributed by atoms with van der Waals surface area (Å²) in [5, 5.41) is 0.842. The van der Waals surface area contributed by atoms with E-state index in [1.165, 1.54) is 29.0 Å². The fraction of sp³-hybridized carbons (Fsp3) is 0.346. The van der Waals surface area contributed by atoms with Gasteiger partial charge in [-0.25, -0.2) is 9.37 Å². The van der Waals surface area contributed by atoms with Crippen LogP contribution in [0.3, 0.4) is 0 Å². The van der Waals surface area contributed by atoms with Crippen molar-refractivity contribution in [3.8, 4) is 0 Å². The Bertz CT molecular complexity index is 1090. The number of thiazole rings is 1. The fourth-order valence-electron chi connectivity index (χ4n) is 4.05. The molecule has 2 aromatic carbocycles. The van der Waals surface area contributed by atoms with Crippen molar-refractivity contribution in [3.05, 3.63) is 87.1 Å². The highest BCUT2D eigenvalue weighted by molar-refractivity contribution is 7.13. The summed E-state index contributed by atoms with van der Waals surface area (Å²) in [6, 6.07) is 16.5. The molecule has 4 rings (SSSR count). The minimum atomic E-state index is -0.265. The van der Waals surface area contributed by atoms with Gasteiger partial charge in [-0.1, -0.05) is 42.5 Å². The second kappa shape index (κ2) is 10.7. The minimum absolute atomic E-state index is 0.0217. The van der Waals surface area contributed by atoms with Crippen LogP contribution in [0.25, 0.3) is 0 Å². The Morgan fingerprint density at radius 2 is 1.61 bits per heavy atom. The molecule has 0 aliphatic carbocycles. The summed E-state index contributed by atoms with van der Waals surface area (Å²) >= 11 is 1.40. The molecule has 0 N–H and O–H groups in total. The average molecular weight is 466 g/mol. The van der Waals surface area contributed by atoms with Crippen LogP contribution in [0.2, 0.25) is 0 Å². The maximum absolute atomic E-state index is 13.1. The van der Waals surface area contributed by atoms with Crippen molar-refractivity contribution in [2.45, 2.75) is 32.6 Å². The summed E-state index contributed by atoms with van der Waals surface area (Å²) in [7, 11) is 0. The molecular formula is C26H28FN3O2S. The first-order valence-corrected chi connectivity index (χ1v) is 12.1. The molecule has 5 nitrogen and oxygen atoms in total. The Morgan fingerprint density at radius 3 is 2.30 bits per heavy atom. The Morgan fingerprint density at radius 1 is 0.939 bits per heavy atom. The standard InChI is InChI=1S/C26H28FN3O2S/c1-19-25(33-23(28-19)18-21-10-12-22(27)13-11-21)26(32)30-16-14-29(15-17-30)24(31)9-5-8-20-6-3-2-4-7-20/h2-4,6-7,10-13H,5,8-9,14-18H2,1H3. The van der Waals surface area contributed by atoms with E-state index in [2.05, 4.69) is 17.1 Å². The van der Waals surface area contributed by atoms with Crippen LogP contribution in [0.4, 0.5) is 4.39 Å². The zero-order valence-electron chi connectivity index (χ0n) is 18.8. The summed E-state index contributed by atoms with van der Waals surface area (Å²) in [6.07, 6.45) is 2.84. The Balaban J connectivity index is 1.27. The molecule has 0 unspecified atom stereocenters. The number of nitrogens with zero attached hydrogens (tertiary/aromatic N) is 3. The first kappa shape index (κ1) is 23.1. The number of amides is 2. The van der Waals surface area contributed by atoms with Gasteiger partial charge in [0.25, 0.3) is 5.91 Å². The second-order valence-corrected chi connectivity index (χ2v) is 9.42. The second-order valence-electron chi connectivity index (χ2n) is 8.34. The summed E-state index contributed by atoms with van der Waals surface area (Å²) in [6.45, 7) is 4.05. The SMILES string of the molecule is Cc1nc(Cc2ccc(F)cc2)sc1C(=O)N1CCN(C(=O)CCCc2ccccc2)CC1. The number of halogens is 1. The van der Waals surface area contributed by atoms with Gasteiger partial charge >= 0.3 is 0 Å². The highest BCUT2D eigenvalue weighted by Crippen LogP contribution is 2.23. The van der Waals surface area contributed by atoms with Crippen LogP contribution in [0.1, 0.15) is 44.3 Å². The van der Waals surface area contributed by atoms with Crippen LogP contribution in [-0.4, -0.2) is 52.8 Å². The van der Waals surface area contributed by atoms with Crippen molar-refractivity contribution in [2.75, 3.05) is 26.2 Å². The van der Waals surface area contributed by atoms with E-state index in [-0.39, 0.29) is 17.6 Å². The summed E-state index contributed by atoms with van der Waals surface area (Å²) in [4.78, 5) is 34.5. The predicted molar refractivity (Wildman–Crippen MR) is 128 cm³/mol. The van der Waals surface area contributed by atoms with E-state index in [1.54, 1.807) is 12.1 Å². The predicted octanol–water partition coefficient (Wildman–Crippen LogP) is 4.49. The van der Waals surface area contributed by atoms with Crippen molar-refractivity contribution in [2.24, 2.45) is 0 Å². The van der Waals surface area contributed by atoms with E-state index in [1.807, 2.05) is 34.9 Å². The molecule has 33 heavy (non-hydrogen) atoms. The van der Waals surface area contributed by atoms with E-state index in [0.717, 1.165) is 29.1 Å². The molecule has 1 aliphatic rings. The van der Waals surface area contributed by atoms with Crippen LogP contribution in [0.5, 0.6) is 0 Å². The van der Waals surface area contributed by atoms with Gasteiger partial charge in [0.15, 0.2) is 0 Å². The van der Waals surface area contributed by atoms with Gasteiger partial charge in [0, 0.05) is 39.0 Å². The molecule has 3 aromatic rings. The van der Waals surface area contributed by atoms with Crippen LogP contribution in [0, 0.1) is 12.7 Å². The summed E-state index contributed by atoms with van der Waals surface area (Å²) < 4.78 is 13.1. The highest BCUT2D eigenvalue weighted by atomic mass is 32.1. The van der Waals surface area contributed by atoms with Crippen molar-refractivity contribution in [1.29, 1.82) is 0 Å². The highest BCUT2D eigenvalue weighted by Gasteiger charge is 2.27. The van der Waals surface area contributed by atoms with Crippen LogP contribution in [0.15, 0.2) is 54.6 Å². The van der Waals surface area contributed by atoms with Crippen molar-refractivity contribution in [1.82, 2.24) is 14.8 Å². The van der Waals surface area contributed by atoms with Crippen molar-refractivity contribution < 1.29 is 14.0 Å². The molecule has 0 bridgehead atoms. The molecule has 0 saturated carbocycles. The van der Waals surface area contributed by atoms with Gasteiger partial charge in [0.1, 0.15) is 10.7 Å². The topological polar surface area (TPSA) is 53.5 Å². The number of carbonyl (C=O) groups is 2. The normalized spacial score (nSPS) is 13.9. The third-order valence-corrected chi connectivity index (χ3v) is 7.07. The number of piperazine rings is 1. The number of carbonyl (C=O) groups excluding carboxylic acids is 2. The molecule has 1 saturated heterocycles. The van der Waals surface area contributed by atoms with Gasteiger partial charge in [0.2, 0.25) is 5.91 Å².